The second-order valence-corrected chi connectivity index (χ2v) is 21.4. The molecule has 2 heteroatoms. The molecule has 0 fully saturated rings. The first-order valence-corrected chi connectivity index (χ1v) is 27.1. The molecule has 0 bridgehead atoms. The Labute approximate surface area is 447 Å². The summed E-state index contributed by atoms with van der Waals surface area (Å²) in [5.74, 6) is 0.569. The average Bonchev–Trinajstić information content (AvgIpc) is 4.00. The molecule has 0 radical (unpaired) electrons. The summed E-state index contributed by atoms with van der Waals surface area (Å²) in [5.41, 5.74) is 21.9. The van der Waals surface area contributed by atoms with Crippen LogP contribution in [-0.2, 0) is 5.41 Å². The van der Waals surface area contributed by atoms with Gasteiger partial charge in [0.1, 0.15) is 0 Å². The first-order chi connectivity index (χ1) is 37.5. The highest BCUT2D eigenvalue weighted by atomic mass is 15.2. The van der Waals surface area contributed by atoms with Crippen molar-refractivity contribution in [2.45, 2.75) is 43.1 Å². The minimum atomic E-state index is -0.466. The Morgan fingerprint density at radius 2 is 0.855 bits per heavy atom. The van der Waals surface area contributed by atoms with Crippen LogP contribution in [0.25, 0.3) is 44.5 Å². The van der Waals surface area contributed by atoms with Gasteiger partial charge in [-0.3, -0.25) is 0 Å². The Kier molecular flexibility index (Phi) is 11.3. The van der Waals surface area contributed by atoms with E-state index in [0.29, 0.717) is 5.92 Å². The molecular weight excluding hydrogens is 917 g/mol. The maximum Gasteiger partial charge on any atom is 0.0530 e. The van der Waals surface area contributed by atoms with Gasteiger partial charge < -0.3 is 9.80 Å². The molecule has 0 aromatic heterocycles. The number of benzene rings is 10. The summed E-state index contributed by atoms with van der Waals surface area (Å²) in [6.45, 7) is 2.62. The highest BCUT2D eigenvalue weighted by Gasteiger charge is 2.65. The van der Waals surface area contributed by atoms with Gasteiger partial charge in [-0.2, -0.15) is 0 Å². The molecule has 0 N–H and O–H groups in total. The smallest absolute Gasteiger partial charge is 0.0530 e. The third-order valence-corrected chi connectivity index (χ3v) is 17.3. The van der Waals surface area contributed by atoms with Gasteiger partial charge in [-0.05, 0) is 151 Å². The van der Waals surface area contributed by atoms with Crippen molar-refractivity contribution in [3.63, 3.8) is 0 Å². The van der Waals surface area contributed by atoms with Crippen LogP contribution in [-0.4, -0.2) is 6.04 Å². The molecular formula is C74H58N2. The van der Waals surface area contributed by atoms with E-state index in [2.05, 4.69) is 308 Å². The third kappa shape index (κ3) is 7.46. The molecule has 1 spiro atoms. The minimum Gasteiger partial charge on any atom is -0.335 e. The quantitative estimate of drug-likeness (QED) is 0.126. The second-order valence-electron chi connectivity index (χ2n) is 21.4. The predicted octanol–water partition coefficient (Wildman–Crippen LogP) is 19.3. The van der Waals surface area contributed by atoms with Crippen molar-refractivity contribution in [2.24, 2.45) is 5.41 Å². The Hall–Kier alpha value is -8.98. The van der Waals surface area contributed by atoms with Gasteiger partial charge in [0.2, 0.25) is 0 Å². The number of nitrogens with zero attached hydrogens (tertiary/aromatic N) is 2. The summed E-state index contributed by atoms with van der Waals surface area (Å²) in [7, 11) is 0. The SMILES string of the molecule is CC12CC(N(c3ccc(-c4ccccc4)cc3)c3ccc(C4C=CC=CC4)cc3)C=CC1c1ccccc1C21c2ccccc2-c2ccc(N(c3ccc(-c4ccccc4)cc3)c3ccc(-c4ccccc4)cc3)cc21. The van der Waals surface area contributed by atoms with Crippen molar-refractivity contribution < 1.29 is 0 Å². The standard InChI is InChI=1S/C74H58N2/c1-73-51-65(76(62-42-34-58(35-43-62)54-22-10-4-11-23-54)63-44-36-59(37-45-63)55-24-12-5-13-25-55)47-49-69(73)68-27-15-17-29-71(68)74(73)70-28-16-14-26-66(70)67-48-46-64(50-72(67)74)75(60-38-30-56(31-39-60)52-18-6-2-7-19-52)61-40-32-57(33-41-61)53-20-8-3-9-21-53/h2-24,26-50,55,65,69H,25,51H2,1H3. The van der Waals surface area contributed by atoms with Crippen LogP contribution in [0.3, 0.4) is 0 Å². The van der Waals surface area contributed by atoms with Crippen molar-refractivity contribution in [2.75, 3.05) is 9.80 Å². The van der Waals surface area contributed by atoms with Crippen LogP contribution in [0.1, 0.15) is 59.4 Å². The van der Waals surface area contributed by atoms with Crippen LogP contribution >= 0.6 is 0 Å². The number of hydrogen-bond donors (Lipinski definition) is 0. The van der Waals surface area contributed by atoms with Gasteiger partial charge in [0.25, 0.3) is 0 Å². The molecule has 2 nitrogen and oxygen atoms in total. The maximum atomic E-state index is 2.63. The lowest BCUT2D eigenvalue weighted by Gasteiger charge is -2.51. The minimum absolute atomic E-state index is 0.0560. The Bertz CT molecular complexity index is 3740. The molecule has 10 aromatic rings. The van der Waals surface area contributed by atoms with E-state index in [9.17, 15) is 0 Å². The summed E-state index contributed by atoms with van der Waals surface area (Å²) >= 11 is 0. The molecule has 4 aliphatic rings. The average molecular weight is 975 g/mol. The molecule has 0 aliphatic heterocycles. The topological polar surface area (TPSA) is 6.48 Å². The van der Waals surface area contributed by atoms with Crippen molar-refractivity contribution in [1.82, 2.24) is 0 Å². The predicted molar refractivity (Wildman–Crippen MR) is 318 cm³/mol. The number of rotatable bonds is 10. The lowest BCUT2D eigenvalue weighted by molar-refractivity contribution is 0.180. The van der Waals surface area contributed by atoms with Crippen LogP contribution in [0.2, 0.25) is 0 Å². The van der Waals surface area contributed by atoms with Crippen molar-refractivity contribution in [3.8, 4) is 44.5 Å². The molecule has 5 unspecified atom stereocenters. The van der Waals surface area contributed by atoms with E-state index < -0.39 is 5.41 Å². The van der Waals surface area contributed by atoms with Gasteiger partial charge in [-0.25, -0.2) is 0 Å². The Morgan fingerprint density at radius 3 is 1.42 bits per heavy atom. The molecule has 0 saturated heterocycles. The zero-order valence-electron chi connectivity index (χ0n) is 42.8. The summed E-state index contributed by atoms with van der Waals surface area (Å²) in [5, 5.41) is 0. The third-order valence-electron chi connectivity index (χ3n) is 17.3. The lowest BCUT2D eigenvalue weighted by atomic mass is 9.53. The monoisotopic (exact) mass is 974 g/mol. The molecule has 5 atom stereocenters. The fraction of sp³-hybridized carbons (Fsp3) is 0.108. The summed E-state index contributed by atoms with van der Waals surface area (Å²) in [6.07, 6.45) is 16.0. The van der Waals surface area contributed by atoms with E-state index in [1.807, 2.05) is 0 Å². The van der Waals surface area contributed by atoms with Crippen molar-refractivity contribution >= 4 is 28.4 Å². The van der Waals surface area contributed by atoms with Gasteiger partial charge in [-0.15, -0.1) is 0 Å². The maximum absolute atomic E-state index is 2.63. The van der Waals surface area contributed by atoms with Crippen molar-refractivity contribution in [1.29, 1.82) is 0 Å². The Balaban J connectivity index is 0.925. The molecule has 0 saturated carbocycles. The van der Waals surface area contributed by atoms with Gasteiger partial charge in [0.15, 0.2) is 0 Å². The van der Waals surface area contributed by atoms with E-state index in [4.69, 9.17) is 0 Å². The zero-order chi connectivity index (χ0) is 50.6. The second kappa shape index (κ2) is 18.7. The van der Waals surface area contributed by atoms with Crippen molar-refractivity contribution in [3.05, 3.63) is 319 Å². The molecule has 0 heterocycles. The van der Waals surface area contributed by atoms with Crippen LogP contribution in [0.4, 0.5) is 28.4 Å². The fourth-order valence-electron chi connectivity index (χ4n) is 13.8. The molecule has 0 amide bonds. The van der Waals surface area contributed by atoms with E-state index in [-0.39, 0.29) is 17.4 Å². The normalized spacial score (nSPS) is 20.4. The largest absolute Gasteiger partial charge is 0.335 e. The van der Waals surface area contributed by atoms with Gasteiger partial charge >= 0.3 is 0 Å². The molecule has 76 heavy (non-hydrogen) atoms. The first kappa shape index (κ1) is 45.6. The van der Waals surface area contributed by atoms with E-state index in [1.165, 1.54) is 83.7 Å². The number of allylic oxidation sites excluding steroid dienone is 5. The fourth-order valence-corrected chi connectivity index (χ4v) is 13.8. The summed E-state index contributed by atoms with van der Waals surface area (Å²) < 4.78 is 0. The van der Waals surface area contributed by atoms with Crippen LogP contribution < -0.4 is 9.80 Å². The first-order valence-electron chi connectivity index (χ1n) is 27.1. The van der Waals surface area contributed by atoms with E-state index >= 15 is 0 Å². The summed E-state index contributed by atoms with van der Waals surface area (Å²) in [6, 6.07) is 95.3. The highest BCUT2D eigenvalue weighted by molar-refractivity contribution is 5.90. The Morgan fingerprint density at radius 1 is 0.382 bits per heavy atom. The molecule has 364 valence electrons. The van der Waals surface area contributed by atoms with Gasteiger partial charge in [0.05, 0.1) is 11.5 Å². The molecule has 10 aromatic carbocycles. The van der Waals surface area contributed by atoms with E-state index in [1.54, 1.807) is 0 Å². The number of fused-ring (bicyclic) bond motifs is 10. The van der Waals surface area contributed by atoms with Gasteiger partial charge in [0, 0.05) is 40.3 Å². The number of hydrogen-bond acceptors (Lipinski definition) is 2. The summed E-state index contributed by atoms with van der Waals surface area (Å²) in [4.78, 5) is 5.09. The number of anilines is 5. The highest BCUT2D eigenvalue weighted by Crippen LogP contribution is 2.72. The van der Waals surface area contributed by atoms with Crippen LogP contribution in [0.15, 0.2) is 291 Å². The van der Waals surface area contributed by atoms with Crippen LogP contribution in [0, 0.1) is 5.41 Å². The van der Waals surface area contributed by atoms with Crippen LogP contribution in [0.5, 0.6) is 0 Å². The molecule has 4 aliphatic carbocycles. The lowest BCUT2D eigenvalue weighted by Crippen LogP contribution is -2.48. The van der Waals surface area contributed by atoms with Gasteiger partial charge in [-0.1, -0.05) is 238 Å². The van der Waals surface area contributed by atoms with E-state index in [0.717, 1.165) is 29.9 Å². The molecule has 14 rings (SSSR count). The zero-order valence-corrected chi connectivity index (χ0v) is 42.8.